The van der Waals surface area contributed by atoms with Crippen LogP contribution < -0.4 is 0 Å². The van der Waals surface area contributed by atoms with Crippen molar-refractivity contribution in [3.8, 4) is 0 Å². The maximum absolute atomic E-state index is 9.86. The van der Waals surface area contributed by atoms with Crippen molar-refractivity contribution in [1.29, 1.82) is 0 Å². The second-order valence-electron chi connectivity index (χ2n) is 7.34. The molecule has 0 aromatic heterocycles. The third kappa shape index (κ3) is 15.8. The van der Waals surface area contributed by atoms with Crippen LogP contribution >= 0.6 is 0 Å². The predicted molar refractivity (Wildman–Crippen MR) is 111 cm³/mol. The Kier molecular flexibility index (Phi) is 16.4. The summed E-state index contributed by atoms with van der Waals surface area (Å²) in [6.45, 7) is 2.26. The first-order chi connectivity index (χ1) is 13.3. The average molecular weight is 381 g/mol. The molecule has 0 unspecified atom stereocenters. The predicted octanol–water partition coefficient (Wildman–Crippen LogP) is 4.86. The van der Waals surface area contributed by atoms with Crippen LogP contribution in [0.25, 0.3) is 0 Å². The van der Waals surface area contributed by atoms with Crippen molar-refractivity contribution in [3.05, 3.63) is 35.9 Å². The maximum atomic E-state index is 9.86. The molecule has 0 radical (unpaired) electrons. The van der Waals surface area contributed by atoms with E-state index in [-0.39, 0.29) is 0 Å². The van der Waals surface area contributed by atoms with Crippen LogP contribution in [0, 0.1) is 0 Å². The average Bonchev–Trinajstić information content (AvgIpc) is 2.69. The van der Waals surface area contributed by atoms with Gasteiger partial charge in [-0.3, -0.25) is 0 Å². The summed E-state index contributed by atoms with van der Waals surface area (Å²) >= 11 is 0. The minimum atomic E-state index is -0.550. The van der Waals surface area contributed by atoms with Crippen molar-refractivity contribution in [2.45, 2.75) is 83.3 Å². The topological polar surface area (TPSA) is 58.9 Å². The van der Waals surface area contributed by atoms with E-state index in [0.717, 1.165) is 25.0 Å². The Morgan fingerprint density at radius 3 is 1.78 bits per heavy atom. The molecule has 0 heterocycles. The third-order valence-corrected chi connectivity index (χ3v) is 4.68. The van der Waals surface area contributed by atoms with Gasteiger partial charge in [0.1, 0.15) is 6.10 Å². The number of rotatable bonds is 19. The summed E-state index contributed by atoms with van der Waals surface area (Å²) in [5.74, 6) is 0. The largest absolute Gasteiger partial charge is 0.396 e. The van der Waals surface area contributed by atoms with Gasteiger partial charge in [-0.15, -0.1) is 0 Å². The van der Waals surface area contributed by atoms with Crippen molar-refractivity contribution >= 4 is 0 Å². The molecule has 0 fully saturated rings. The summed E-state index contributed by atoms with van der Waals surface area (Å²) in [7, 11) is 0. The number of hydrogen-bond donors (Lipinski definition) is 2. The highest BCUT2D eigenvalue weighted by Gasteiger charge is 2.04. The van der Waals surface area contributed by atoms with Gasteiger partial charge < -0.3 is 19.7 Å². The minimum absolute atomic E-state index is 0.314. The van der Waals surface area contributed by atoms with Crippen molar-refractivity contribution in [2.24, 2.45) is 0 Å². The number of ether oxygens (including phenoxy) is 2. The molecule has 0 saturated heterocycles. The number of aliphatic hydroxyl groups excluding tert-OH is 2. The van der Waals surface area contributed by atoms with E-state index in [1.54, 1.807) is 0 Å². The Morgan fingerprint density at radius 2 is 1.19 bits per heavy atom. The van der Waals surface area contributed by atoms with Crippen LogP contribution in [0.3, 0.4) is 0 Å². The second kappa shape index (κ2) is 18.4. The van der Waals surface area contributed by atoms with E-state index >= 15 is 0 Å². The molecule has 1 atom stereocenters. The highest BCUT2D eigenvalue weighted by atomic mass is 16.5. The molecule has 0 spiro atoms. The first-order valence-corrected chi connectivity index (χ1v) is 10.8. The van der Waals surface area contributed by atoms with Gasteiger partial charge in [0.15, 0.2) is 0 Å². The van der Waals surface area contributed by atoms with Gasteiger partial charge in [-0.2, -0.15) is 0 Å². The Labute approximate surface area is 165 Å². The first-order valence-electron chi connectivity index (χ1n) is 10.8. The SMILES string of the molecule is OCCCCCCCCCCCCCOC[C@H](O)COCc1ccccc1. The van der Waals surface area contributed by atoms with Crippen LogP contribution in [0.15, 0.2) is 30.3 Å². The van der Waals surface area contributed by atoms with Gasteiger partial charge in [-0.25, -0.2) is 0 Å². The molecule has 0 aliphatic heterocycles. The second-order valence-corrected chi connectivity index (χ2v) is 7.34. The van der Waals surface area contributed by atoms with Crippen LogP contribution in [0.5, 0.6) is 0 Å². The van der Waals surface area contributed by atoms with E-state index in [0.29, 0.717) is 26.4 Å². The van der Waals surface area contributed by atoms with Gasteiger partial charge in [-0.1, -0.05) is 88.1 Å². The lowest BCUT2D eigenvalue weighted by molar-refractivity contribution is -0.0239. The monoisotopic (exact) mass is 380 g/mol. The molecule has 2 N–H and O–H groups in total. The van der Waals surface area contributed by atoms with Gasteiger partial charge in [0.25, 0.3) is 0 Å². The smallest absolute Gasteiger partial charge is 0.101 e. The molecule has 27 heavy (non-hydrogen) atoms. The lowest BCUT2D eigenvalue weighted by Gasteiger charge is -2.12. The molecule has 0 aliphatic rings. The van der Waals surface area contributed by atoms with Crippen LogP contribution in [-0.4, -0.2) is 42.7 Å². The Bertz CT molecular complexity index is 410. The molecule has 1 rings (SSSR count). The number of unbranched alkanes of at least 4 members (excludes halogenated alkanes) is 10. The molecular weight excluding hydrogens is 340 g/mol. The molecule has 0 bridgehead atoms. The van der Waals surface area contributed by atoms with Crippen LogP contribution in [0.1, 0.15) is 76.2 Å². The van der Waals surface area contributed by atoms with Gasteiger partial charge in [-0.05, 0) is 18.4 Å². The molecule has 0 saturated carbocycles. The summed E-state index contributed by atoms with van der Waals surface area (Å²) in [5.41, 5.74) is 1.12. The lowest BCUT2D eigenvalue weighted by Crippen LogP contribution is -2.22. The van der Waals surface area contributed by atoms with E-state index in [1.807, 2.05) is 30.3 Å². The molecule has 1 aromatic carbocycles. The van der Waals surface area contributed by atoms with Crippen molar-refractivity contribution in [1.82, 2.24) is 0 Å². The zero-order valence-corrected chi connectivity index (χ0v) is 17.0. The molecular formula is C23H40O4. The summed E-state index contributed by atoms with van der Waals surface area (Å²) < 4.78 is 11.1. The van der Waals surface area contributed by atoms with E-state index in [9.17, 15) is 5.11 Å². The van der Waals surface area contributed by atoms with Gasteiger partial charge >= 0.3 is 0 Å². The van der Waals surface area contributed by atoms with Gasteiger partial charge in [0.05, 0.1) is 19.8 Å². The Hall–Kier alpha value is -0.940. The van der Waals surface area contributed by atoms with E-state index in [2.05, 4.69) is 0 Å². The Morgan fingerprint density at radius 1 is 0.667 bits per heavy atom. The van der Waals surface area contributed by atoms with E-state index in [4.69, 9.17) is 14.6 Å². The summed E-state index contributed by atoms with van der Waals surface area (Å²) in [6, 6.07) is 9.98. The van der Waals surface area contributed by atoms with Gasteiger partial charge in [0, 0.05) is 13.2 Å². The fourth-order valence-corrected chi connectivity index (χ4v) is 3.06. The first kappa shape index (κ1) is 24.1. The lowest BCUT2D eigenvalue weighted by atomic mass is 10.1. The fraction of sp³-hybridized carbons (Fsp3) is 0.739. The molecule has 0 aliphatic carbocycles. The van der Waals surface area contributed by atoms with Gasteiger partial charge in [0.2, 0.25) is 0 Å². The molecule has 0 amide bonds. The zero-order valence-electron chi connectivity index (χ0n) is 17.0. The van der Waals surface area contributed by atoms with Crippen molar-refractivity contribution in [2.75, 3.05) is 26.4 Å². The van der Waals surface area contributed by atoms with Crippen molar-refractivity contribution < 1.29 is 19.7 Å². The normalized spacial score (nSPS) is 12.4. The van der Waals surface area contributed by atoms with E-state index in [1.165, 1.54) is 57.8 Å². The van der Waals surface area contributed by atoms with E-state index < -0.39 is 6.10 Å². The highest BCUT2D eigenvalue weighted by Crippen LogP contribution is 2.11. The summed E-state index contributed by atoms with van der Waals surface area (Å²) in [4.78, 5) is 0. The van der Waals surface area contributed by atoms with Crippen molar-refractivity contribution in [3.63, 3.8) is 0 Å². The number of benzene rings is 1. The summed E-state index contributed by atoms with van der Waals surface area (Å²) in [6.07, 6.45) is 13.0. The fourth-order valence-electron chi connectivity index (χ4n) is 3.06. The Balaban J connectivity index is 1.77. The van der Waals surface area contributed by atoms with Crippen LogP contribution in [0.4, 0.5) is 0 Å². The highest BCUT2D eigenvalue weighted by molar-refractivity contribution is 5.13. The van der Waals surface area contributed by atoms with Crippen LogP contribution in [-0.2, 0) is 16.1 Å². The summed E-state index contributed by atoms with van der Waals surface area (Å²) in [5, 5.41) is 18.6. The standard InChI is InChI=1S/C23H40O4/c24-17-13-8-6-4-2-1-3-5-7-9-14-18-26-20-23(25)21-27-19-22-15-11-10-12-16-22/h10-12,15-16,23-25H,1-9,13-14,17-21H2/t23-/m0/s1. The number of aliphatic hydroxyl groups is 2. The zero-order chi connectivity index (χ0) is 19.4. The minimum Gasteiger partial charge on any atom is -0.396 e. The molecule has 4 nitrogen and oxygen atoms in total. The quantitative estimate of drug-likeness (QED) is 0.336. The number of hydrogen-bond acceptors (Lipinski definition) is 4. The van der Waals surface area contributed by atoms with Crippen LogP contribution in [0.2, 0.25) is 0 Å². The molecule has 1 aromatic rings. The molecule has 156 valence electrons. The molecule has 4 heteroatoms. The maximum Gasteiger partial charge on any atom is 0.101 e. The third-order valence-electron chi connectivity index (χ3n) is 4.68.